The van der Waals surface area contributed by atoms with Gasteiger partial charge in [0, 0.05) is 38.3 Å². The molecule has 3 nitrogen and oxygen atoms in total. The number of nitrogens with zero attached hydrogens (tertiary/aromatic N) is 2. The molecule has 2 fully saturated rings. The van der Waals surface area contributed by atoms with E-state index in [0.29, 0.717) is 0 Å². The van der Waals surface area contributed by atoms with Gasteiger partial charge in [-0.05, 0) is 12.8 Å². The Labute approximate surface area is 84.7 Å². The van der Waals surface area contributed by atoms with E-state index in [9.17, 15) is 0 Å². The van der Waals surface area contributed by atoms with Gasteiger partial charge in [0.05, 0.1) is 13.2 Å². The summed E-state index contributed by atoms with van der Waals surface area (Å²) in [7, 11) is 0. The predicted molar refractivity (Wildman–Crippen MR) is 55.4 cm³/mol. The monoisotopic (exact) mass is 202 g/mol. The Bertz CT molecular complexity index is 129. The summed E-state index contributed by atoms with van der Waals surface area (Å²) >= 11 is 1.93. The van der Waals surface area contributed by atoms with Gasteiger partial charge in [-0.3, -0.25) is 0 Å². The van der Waals surface area contributed by atoms with Gasteiger partial charge in [-0.25, -0.2) is 8.61 Å². The molecule has 0 spiro atoms. The fourth-order valence-corrected chi connectivity index (χ4v) is 2.80. The molecular weight excluding hydrogens is 184 g/mol. The van der Waals surface area contributed by atoms with E-state index < -0.39 is 0 Å². The predicted octanol–water partition coefficient (Wildman–Crippen LogP) is 1.37. The molecule has 2 heterocycles. The van der Waals surface area contributed by atoms with E-state index in [0.717, 1.165) is 26.3 Å². The van der Waals surface area contributed by atoms with Crippen LogP contribution in [-0.2, 0) is 4.74 Å². The molecule has 0 N–H and O–H groups in total. The highest BCUT2D eigenvalue weighted by Gasteiger charge is 2.17. The minimum absolute atomic E-state index is 0.904. The minimum atomic E-state index is 0.904. The third kappa shape index (κ3) is 3.13. The number of morpholine rings is 1. The molecule has 0 saturated carbocycles. The maximum absolute atomic E-state index is 5.32. The van der Waals surface area contributed by atoms with Crippen molar-refractivity contribution in [3.63, 3.8) is 0 Å². The van der Waals surface area contributed by atoms with E-state index in [2.05, 4.69) is 8.61 Å². The number of hydrogen-bond donors (Lipinski definition) is 0. The maximum Gasteiger partial charge on any atom is 0.0603 e. The Morgan fingerprint density at radius 1 is 0.769 bits per heavy atom. The number of ether oxygens (including phenoxy) is 1. The van der Waals surface area contributed by atoms with Crippen LogP contribution in [0.1, 0.15) is 19.3 Å². The zero-order valence-electron chi connectivity index (χ0n) is 8.07. The highest BCUT2D eigenvalue weighted by molar-refractivity contribution is 7.94. The van der Waals surface area contributed by atoms with Crippen LogP contribution in [0.3, 0.4) is 0 Å². The van der Waals surface area contributed by atoms with Crippen molar-refractivity contribution in [2.75, 3.05) is 39.4 Å². The summed E-state index contributed by atoms with van der Waals surface area (Å²) in [4.78, 5) is 0. The fourth-order valence-electron chi connectivity index (χ4n) is 1.74. The molecule has 2 aliphatic rings. The van der Waals surface area contributed by atoms with Crippen molar-refractivity contribution < 1.29 is 4.74 Å². The summed E-state index contributed by atoms with van der Waals surface area (Å²) in [6, 6.07) is 0. The van der Waals surface area contributed by atoms with Crippen molar-refractivity contribution in [2.45, 2.75) is 19.3 Å². The molecule has 13 heavy (non-hydrogen) atoms. The van der Waals surface area contributed by atoms with E-state index in [-0.39, 0.29) is 0 Å². The molecular formula is C9H18N2OS. The topological polar surface area (TPSA) is 15.7 Å². The van der Waals surface area contributed by atoms with Crippen LogP contribution in [0.4, 0.5) is 0 Å². The molecule has 0 aliphatic carbocycles. The maximum atomic E-state index is 5.32. The Morgan fingerprint density at radius 3 is 2.08 bits per heavy atom. The second-order valence-electron chi connectivity index (χ2n) is 3.61. The number of hydrogen-bond acceptors (Lipinski definition) is 4. The van der Waals surface area contributed by atoms with Crippen LogP contribution in [0, 0.1) is 0 Å². The first kappa shape index (κ1) is 9.77. The van der Waals surface area contributed by atoms with Crippen molar-refractivity contribution in [1.82, 2.24) is 8.61 Å². The van der Waals surface area contributed by atoms with Gasteiger partial charge in [0.25, 0.3) is 0 Å². The highest BCUT2D eigenvalue weighted by atomic mass is 32.2. The summed E-state index contributed by atoms with van der Waals surface area (Å²) in [5, 5.41) is 0. The van der Waals surface area contributed by atoms with Crippen LogP contribution in [-0.4, -0.2) is 48.0 Å². The zero-order valence-corrected chi connectivity index (χ0v) is 8.89. The van der Waals surface area contributed by atoms with Crippen LogP contribution in [0.5, 0.6) is 0 Å². The van der Waals surface area contributed by atoms with Gasteiger partial charge in [-0.2, -0.15) is 0 Å². The van der Waals surface area contributed by atoms with Crippen LogP contribution >= 0.6 is 12.1 Å². The van der Waals surface area contributed by atoms with E-state index in [1.54, 1.807) is 0 Å². The number of rotatable bonds is 2. The first-order valence-corrected chi connectivity index (χ1v) is 5.94. The van der Waals surface area contributed by atoms with Crippen LogP contribution < -0.4 is 0 Å². The fraction of sp³-hybridized carbons (Fsp3) is 1.00. The Morgan fingerprint density at radius 2 is 1.38 bits per heavy atom. The van der Waals surface area contributed by atoms with Gasteiger partial charge in [-0.15, -0.1) is 0 Å². The summed E-state index contributed by atoms with van der Waals surface area (Å²) < 4.78 is 10.2. The molecule has 0 unspecified atom stereocenters. The smallest absolute Gasteiger partial charge is 0.0603 e. The van der Waals surface area contributed by atoms with Crippen molar-refractivity contribution in [2.24, 2.45) is 0 Å². The van der Waals surface area contributed by atoms with Crippen molar-refractivity contribution in [1.29, 1.82) is 0 Å². The molecule has 0 aromatic heterocycles. The molecule has 0 atom stereocenters. The molecule has 2 aliphatic heterocycles. The van der Waals surface area contributed by atoms with E-state index in [1.165, 1.54) is 32.4 Å². The summed E-state index contributed by atoms with van der Waals surface area (Å²) in [5.74, 6) is 0. The van der Waals surface area contributed by atoms with Crippen LogP contribution in [0.25, 0.3) is 0 Å². The van der Waals surface area contributed by atoms with E-state index in [1.807, 2.05) is 12.1 Å². The lowest BCUT2D eigenvalue weighted by atomic mass is 10.2. The molecule has 0 amide bonds. The van der Waals surface area contributed by atoms with Gasteiger partial charge in [0.1, 0.15) is 0 Å². The lowest BCUT2D eigenvalue weighted by Gasteiger charge is -2.32. The molecule has 2 rings (SSSR count). The molecule has 0 aromatic carbocycles. The lowest BCUT2D eigenvalue weighted by molar-refractivity contribution is 0.0755. The van der Waals surface area contributed by atoms with Gasteiger partial charge < -0.3 is 4.74 Å². The Hall–Kier alpha value is 0.230. The lowest BCUT2D eigenvalue weighted by Crippen LogP contribution is -2.36. The van der Waals surface area contributed by atoms with Gasteiger partial charge in [0.2, 0.25) is 0 Å². The molecule has 0 aromatic rings. The quantitative estimate of drug-likeness (QED) is 0.628. The first-order valence-electron chi connectivity index (χ1n) is 5.21. The summed E-state index contributed by atoms with van der Waals surface area (Å²) in [6.07, 6.45) is 4.16. The SMILES string of the molecule is C1CCN(SN2CCOCC2)CC1. The second kappa shape index (κ2) is 5.20. The third-order valence-corrected chi connectivity index (χ3v) is 3.71. The van der Waals surface area contributed by atoms with Gasteiger partial charge in [0.15, 0.2) is 0 Å². The second-order valence-corrected chi connectivity index (χ2v) is 4.81. The van der Waals surface area contributed by atoms with E-state index >= 15 is 0 Å². The first-order chi connectivity index (χ1) is 6.45. The van der Waals surface area contributed by atoms with Crippen molar-refractivity contribution in [3.8, 4) is 0 Å². The van der Waals surface area contributed by atoms with Gasteiger partial charge in [-0.1, -0.05) is 6.42 Å². The van der Waals surface area contributed by atoms with Crippen molar-refractivity contribution in [3.05, 3.63) is 0 Å². The van der Waals surface area contributed by atoms with Gasteiger partial charge >= 0.3 is 0 Å². The largest absolute Gasteiger partial charge is 0.379 e. The molecule has 0 radical (unpaired) electrons. The summed E-state index contributed by atoms with van der Waals surface area (Å²) in [5.41, 5.74) is 0. The van der Waals surface area contributed by atoms with Crippen molar-refractivity contribution >= 4 is 12.1 Å². The summed E-state index contributed by atoms with van der Waals surface area (Å²) in [6.45, 7) is 6.51. The molecule has 76 valence electrons. The molecule has 2 saturated heterocycles. The Balaban J connectivity index is 1.69. The molecule has 0 bridgehead atoms. The average Bonchev–Trinajstić information content (AvgIpc) is 2.21. The van der Waals surface area contributed by atoms with Crippen LogP contribution in [0.2, 0.25) is 0 Å². The molecule has 4 heteroatoms. The minimum Gasteiger partial charge on any atom is -0.379 e. The average molecular weight is 202 g/mol. The third-order valence-electron chi connectivity index (χ3n) is 2.52. The van der Waals surface area contributed by atoms with E-state index in [4.69, 9.17) is 4.74 Å². The number of piperidine rings is 1. The zero-order chi connectivity index (χ0) is 8.93. The van der Waals surface area contributed by atoms with Crippen LogP contribution in [0.15, 0.2) is 0 Å². The standard InChI is InChI=1S/C9H18N2OS/c1-2-4-10(5-3-1)13-11-6-8-12-9-7-11/h1-9H2. The Kier molecular flexibility index (Phi) is 3.91. The highest BCUT2D eigenvalue weighted by Crippen LogP contribution is 2.22. The normalized spacial score (nSPS) is 27.7.